The van der Waals surface area contributed by atoms with Crippen LogP contribution in [0.2, 0.25) is 0 Å². The van der Waals surface area contributed by atoms with Crippen LogP contribution in [-0.2, 0) is 14.3 Å². The number of ether oxygens (including phenoxy) is 1. The minimum absolute atomic E-state index is 1.10. The molecule has 1 aliphatic heterocycles. The molecule has 0 N–H and O–H groups in total. The molecule has 0 radical (unpaired) electrons. The third-order valence-electron chi connectivity index (χ3n) is 1.07. The van der Waals surface area contributed by atoms with Crippen LogP contribution in [0.4, 0.5) is 8.78 Å². The van der Waals surface area contributed by atoms with E-state index in [-0.39, 0.29) is 0 Å². The highest BCUT2D eigenvalue weighted by Crippen LogP contribution is 2.31. The molecule has 0 spiro atoms. The largest absolute Gasteiger partial charge is 0.390 e. The lowest BCUT2D eigenvalue weighted by molar-refractivity contribution is -0.161. The normalized spacial score (nSPS) is 23.2. The maximum atomic E-state index is 12.2. The lowest BCUT2D eigenvalue weighted by Crippen LogP contribution is -2.23. The summed E-state index contributed by atoms with van der Waals surface area (Å²) in [5, 5.41) is 0. The fraction of sp³-hybridized carbons (Fsp3) is 0.200. The zero-order chi connectivity index (χ0) is 7.94. The Labute approximate surface area is 54.3 Å². The Hall–Kier alpha value is -1.26. The van der Waals surface area contributed by atoms with Crippen molar-refractivity contribution >= 4 is 11.9 Å². The van der Waals surface area contributed by atoms with Crippen molar-refractivity contribution in [3.8, 4) is 0 Å². The van der Waals surface area contributed by atoms with Crippen molar-refractivity contribution in [3.63, 3.8) is 0 Å². The number of rotatable bonds is 0. The molecule has 1 aliphatic rings. The second-order valence-corrected chi connectivity index (χ2v) is 1.73. The van der Waals surface area contributed by atoms with Gasteiger partial charge in [-0.05, 0) is 0 Å². The average Bonchev–Trinajstić information content (AvgIpc) is 1.97. The molecule has 0 saturated carbocycles. The van der Waals surface area contributed by atoms with E-state index in [0.717, 1.165) is 0 Å². The van der Waals surface area contributed by atoms with Crippen LogP contribution in [-0.4, -0.2) is 17.9 Å². The number of cyclic esters (lactones) is 2. The van der Waals surface area contributed by atoms with Gasteiger partial charge in [-0.1, -0.05) is 6.58 Å². The van der Waals surface area contributed by atoms with Crippen molar-refractivity contribution in [2.75, 3.05) is 0 Å². The number of carbonyl (C=O) groups excluding carboxylic acids is 2. The Morgan fingerprint density at radius 2 is 1.90 bits per heavy atom. The van der Waals surface area contributed by atoms with Crippen LogP contribution in [0, 0.1) is 0 Å². The Kier molecular flexibility index (Phi) is 1.11. The van der Waals surface area contributed by atoms with Crippen LogP contribution in [0.5, 0.6) is 0 Å². The standard InChI is InChI=1S/C5H2F2O3/c1-2-3(8)10-4(9)5(2,6)7/h1H2. The van der Waals surface area contributed by atoms with Gasteiger partial charge in [-0.2, -0.15) is 8.78 Å². The SMILES string of the molecule is C=C1C(=O)OC(=O)C1(F)F. The minimum Gasteiger partial charge on any atom is -0.385 e. The van der Waals surface area contributed by atoms with Crippen molar-refractivity contribution in [2.45, 2.75) is 5.92 Å². The number of hydrogen-bond donors (Lipinski definition) is 0. The van der Waals surface area contributed by atoms with Gasteiger partial charge in [0, 0.05) is 0 Å². The molecule has 0 aromatic carbocycles. The molecule has 0 aliphatic carbocycles. The maximum absolute atomic E-state index is 12.2. The predicted octanol–water partition coefficient (Wildman–Crippen LogP) is 0.261. The highest BCUT2D eigenvalue weighted by atomic mass is 19.3. The van der Waals surface area contributed by atoms with Gasteiger partial charge < -0.3 is 4.74 Å². The molecule has 10 heavy (non-hydrogen) atoms. The van der Waals surface area contributed by atoms with Crippen LogP contribution < -0.4 is 0 Å². The fourth-order valence-electron chi connectivity index (χ4n) is 0.461. The summed E-state index contributed by atoms with van der Waals surface area (Å²) in [5.41, 5.74) is -1.10. The first-order valence-corrected chi connectivity index (χ1v) is 2.30. The van der Waals surface area contributed by atoms with E-state index in [4.69, 9.17) is 0 Å². The van der Waals surface area contributed by atoms with Gasteiger partial charge in [0.15, 0.2) is 0 Å². The van der Waals surface area contributed by atoms with Gasteiger partial charge in [0.1, 0.15) is 5.57 Å². The van der Waals surface area contributed by atoms with Gasteiger partial charge in [0.05, 0.1) is 0 Å². The van der Waals surface area contributed by atoms with Gasteiger partial charge >= 0.3 is 17.9 Å². The number of halogens is 2. The summed E-state index contributed by atoms with van der Waals surface area (Å²) in [6.07, 6.45) is 0. The van der Waals surface area contributed by atoms with Gasteiger partial charge in [-0.15, -0.1) is 0 Å². The third-order valence-corrected chi connectivity index (χ3v) is 1.07. The van der Waals surface area contributed by atoms with E-state index in [1.807, 2.05) is 0 Å². The summed E-state index contributed by atoms with van der Waals surface area (Å²) < 4.78 is 27.9. The molecular formula is C5H2F2O3. The van der Waals surface area contributed by atoms with E-state index in [1.54, 1.807) is 0 Å². The number of esters is 2. The van der Waals surface area contributed by atoms with E-state index < -0.39 is 23.4 Å². The van der Waals surface area contributed by atoms with Crippen molar-refractivity contribution in [2.24, 2.45) is 0 Å². The first kappa shape index (κ1) is 6.85. The summed E-state index contributed by atoms with van der Waals surface area (Å²) >= 11 is 0. The molecule has 3 nitrogen and oxygen atoms in total. The van der Waals surface area contributed by atoms with Gasteiger partial charge in [0.2, 0.25) is 0 Å². The Bertz CT molecular complexity index is 231. The Morgan fingerprint density at radius 3 is 2.00 bits per heavy atom. The molecule has 0 amide bonds. The Balaban J connectivity index is 3.08. The molecule has 0 bridgehead atoms. The molecule has 1 rings (SSSR count). The Morgan fingerprint density at radius 1 is 1.40 bits per heavy atom. The molecule has 0 aromatic rings. The molecule has 0 aromatic heterocycles. The van der Waals surface area contributed by atoms with Crippen molar-refractivity contribution in [1.29, 1.82) is 0 Å². The lowest BCUT2D eigenvalue weighted by atomic mass is 10.2. The van der Waals surface area contributed by atoms with Crippen molar-refractivity contribution < 1.29 is 23.1 Å². The zero-order valence-corrected chi connectivity index (χ0v) is 4.69. The highest BCUT2D eigenvalue weighted by molar-refractivity contribution is 6.10. The van der Waals surface area contributed by atoms with Gasteiger partial charge in [-0.25, -0.2) is 9.59 Å². The monoisotopic (exact) mass is 148 g/mol. The summed E-state index contributed by atoms with van der Waals surface area (Å²) in [5.74, 6) is -7.02. The maximum Gasteiger partial charge on any atom is 0.390 e. The summed E-state index contributed by atoms with van der Waals surface area (Å²) in [6.45, 7) is 2.69. The van der Waals surface area contributed by atoms with Crippen molar-refractivity contribution in [3.05, 3.63) is 12.2 Å². The molecule has 0 atom stereocenters. The van der Waals surface area contributed by atoms with E-state index in [9.17, 15) is 18.4 Å². The van der Waals surface area contributed by atoms with Crippen LogP contribution in [0.3, 0.4) is 0 Å². The molecular weight excluding hydrogens is 146 g/mol. The lowest BCUT2D eigenvalue weighted by Gasteiger charge is -1.99. The number of carbonyl (C=O) groups is 2. The number of alkyl halides is 2. The second-order valence-electron chi connectivity index (χ2n) is 1.73. The first-order chi connectivity index (χ1) is 4.46. The van der Waals surface area contributed by atoms with Crippen LogP contribution >= 0.6 is 0 Å². The third kappa shape index (κ3) is 0.632. The predicted molar refractivity (Wildman–Crippen MR) is 25.2 cm³/mol. The van der Waals surface area contributed by atoms with E-state index in [2.05, 4.69) is 11.3 Å². The summed E-state index contributed by atoms with van der Waals surface area (Å²) in [4.78, 5) is 20.2. The van der Waals surface area contributed by atoms with Gasteiger partial charge in [-0.3, -0.25) is 0 Å². The van der Waals surface area contributed by atoms with E-state index >= 15 is 0 Å². The molecule has 5 heteroatoms. The molecule has 1 saturated heterocycles. The van der Waals surface area contributed by atoms with E-state index in [0.29, 0.717) is 0 Å². The highest BCUT2D eigenvalue weighted by Gasteiger charge is 2.55. The molecule has 54 valence electrons. The fourth-order valence-corrected chi connectivity index (χ4v) is 0.461. The average molecular weight is 148 g/mol. The summed E-state index contributed by atoms with van der Waals surface area (Å²) in [7, 11) is 0. The van der Waals surface area contributed by atoms with Gasteiger partial charge in [0.25, 0.3) is 0 Å². The minimum atomic E-state index is -3.82. The second kappa shape index (κ2) is 1.62. The quantitative estimate of drug-likeness (QED) is 0.281. The van der Waals surface area contributed by atoms with Crippen LogP contribution in [0.15, 0.2) is 12.2 Å². The van der Waals surface area contributed by atoms with Crippen LogP contribution in [0.1, 0.15) is 0 Å². The van der Waals surface area contributed by atoms with Crippen molar-refractivity contribution in [1.82, 2.24) is 0 Å². The van der Waals surface area contributed by atoms with E-state index in [1.165, 1.54) is 0 Å². The summed E-state index contributed by atoms with van der Waals surface area (Å²) in [6, 6.07) is 0. The first-order valence-electron chi connectivity index (χ1n) is 2.30. The van der Waals surface area contributed by atoms with Crippen LogP contribution in [0.25, 0.3) is 0 Å². The smallest absolute Gasteiger partial charge is 0.385 e. The topological polar surface area (TPSA) is 43.4 Å². The molecule has 1 fully saturated rings. The zero-order valence-electron chi connectivity index (χ0n) is 4.69. The molecule has 1 heterocycles. The number of hydrogen-bond acceptors (Lipinski definition) is 3. The molecule has 0 unspecified atom stereocenters.